The van der Waals surface area contributed by atoms with Gasteiger partial charge in [0.25, 0.3) is 0 Å². The zero-order valence-electron chi connectivity index (χ0n) is 20.6. The summed E-state index contributed by atoms with van der Waals surface area (Å²) in [7, 11) is 0. The Balaban J connectivity index is 1.38. The Kier molecular flexibility index (Phi) is 7.40. The first-order valence-electron chi connectivity index (χ1n) is 12.0. The molecule has 9 heteroatoms. The lowest BCUT2D eigenvalue weighted by Gasteiger charge is -2.24. The van der Waals surface area contributed by atoms with Gasteiger partial charge >= 0.3 is 12.1 Å². The molecule has 0 amide bonds. The fraction of sp³-hybridized carbons (Fsp3) is 0.407. The van der Waals surface area contributed by atoms with Gasteiger partial charge < -0.3 is 9.47 Å². The van der Waals surface area contributed by atoms with Crippen molar-refractivity contribution in [1.82, 2.24) is 14.7 Å². The fourth-order valence-corrected chi connectivity index (χ4v) is 4.23. The number of ether oxygens (including phenoxy) is 2. The summed E-state index contributed by atoms with van der Waals surface area (Å²) < 4.78 is 51.1. The monoisotopic (exact) mass is 501 g/mol. The number of fused-ring (bicyclic) bond motifs is 1. The Morgan fingerprint density at radius 1 is 1.00 bits per heavy atom. The van der Waals surface area contributed by atoms with Gasteiger partial charge in [-0.3, -0.25) is 4.90 Å². The van der Waals surface area contributed by atoms with E-state index in [-0.39, 0.29) is 0 Å². The van der Waals surface area contributed by atoms with Crippen molar-refractivity contribution in [2.45, 2.75) is 51.9 Å². The van der Waals surface area contributed by atoms with Gasteiger partial charge in [-0.1, -0.05) is 6.07 Å². The molecule has 0 N–H and O–H groups in total. The van der Waals surface area contributed by atoms with Crippen LogP contribution in [0.3, 0.4) is 0 Å². The first kappa shape index (κ1) is 25.8. The standard InChI is InChI=1S/C27H30F3N3O3/c1-4-35-25(34)26(2,3)36-24-10-5-19-11-14-32(15-12-20(19)17-24)18-22-13-16-33(31-22)23-8-6-21(7-9-23)27(28,29)30/h5-10,13,16-17H,4,11-12,14-15,18H2,1-3H3. The van der Waals surface area contributed by atoms with E-state index >= 15 is 0 Å². The molecule has 4 rings (SSSR count). The molecular formula is C27H30F3N3O3. The molecule has 3 aromatic rings. The predicted octanol–water partition coefficient (Wildman–Crippen LogP) is 5.21. The average Bonchev–Trinajstić information content (AvgIpc) is 3.20. The molecule has 0 saturated heterocycles. The van der Waals surface area contributed by atoms with Crippen LogP contribution in [0.2, 0.25) is 0 Å². The van der Waals surface area contributed by atoms with E-state index in [0.29, 0.717) is 24.6 Å². The molecule has 1 aliphatic rings. The number of halogens is 3. The lowest BCUT2D eigenvalue weighted by atomic mass is 10.0. The summed E-state index contributed by atoms with van der Waals surface area (Å²) in [5, 5.41) is 4.56. The van der Waals surface area contributed by atoms with Crippen molar-refractivity contribution in [3.63, 3.8) is 0 Å². The van der Waals surface area contributed by atoms with E-state index in [1.807, 2.05) is 18.2 Å². The molecule has 2 aromatic carbocycles. The number of carbonyl (C=O) groups is 1. The van der Waals surface area contributed by atoms with Gasteiger partial charge in [0.2, 0.25) is 0 Å². The largest absolute Gasteiger partial charge is 0.476 e. The molecule has 6 nitrogen and oxygen atoms in total. The van der Waals surface area contributed by atoms with Gasteiger partial charge in [-0.25, -0.2) is 9.48 Å². The summed E-state index contributed by atoms with van der Waals surface area (Å²) in [6.45, 7) is 7.78. The Morgan fingerprint density at radius 2 is 1.69 bits per heavy atom. The van der Waals surface area contributed by atoms with Crippen LogP contribution in [0.1, 0.15) is 43.2 Å². The molecule has 0 spiro atoms. The second-order valence-corrected chi connectivity index (χ2v) is 9.34. The molecule has 0 radical (unpaired) electrons. The molecule has 0 bridgehead atoms. The maximum Gasteiger partial charge on any atom is 0.416 e. The number of aromatic nitrogens is 2. The highest BCUT2D eigenvalue weighted by Crippen LogP contribution is 2.30. The van der Waals surface area contributed by atoms with Gasteiger partial charge in [-0.2, -0.15) is 18.3 Å². The van der Waals surface area contributed by atoms with Crippen LogP contribution in [0.25, 0.3) is 5.69 Å². The molecule has 1 aliphatic heterocycles. The Morgan fingerprint density at radius 3 is 2.36 bits per heavy atom. The Bertz CT molecular complexity index is 1200. The lowest BCUT2D eigenvalue weighted by Crippen LogP contribution is -2.39. The minimum Gasteiger partial charge on any atom is -0.476 e. The normalized spacial score (nSPS) is 14.7. The number of hydrogen-bond donors (Lipinski definition) is 0. The van der Waals surface area contributed by atoms with E-state index in [0.717, 1.165) is 43.8 Å². The lowest BCUT2D eigenvalue weighted by molar-refractivity contribution is -0.158. The van der Waals surface area contributed by atoms with E-state index < -0.39 is 23.3 Å². The van der Waals surface area contributed by atoms with Crippen LogP contribution in [0.15, 0.2) is 54.7 Å². The van der Waals surface area contributed by atoms with Gasteiger partial charge in [-0.05, 0) is 87.2 Å². The van der Waals surface area contributed by atoms with Gasteiger partial charge in [0, 0.05) is 25.8 Å². The van der Waals surface area contributed by atoms with Crippen molar-refractivity contribution in [1.29, 1.82) is 0 Å². The number of carbonyl (C=O) groups excluding carboxylic acids is 1. The first-order chi connectivity index (χ1) is 17.0. The van der Waals surface area contributed by atoms with Crippen LogP contribution >= 0.6 is 0 Å². The topological polar surface area (TPSA) is 56.6 Å². The summed E-state index contributed by atoms with van der Waals surface area (Å²) in [5.41, 5.74) is 2.10. The molecule has 192 valence electrons. The molecule has 0 fully saturated rings. The summed E-state index contributed by atoms with van der Waals surface area (Å²) in [6.07, 6.45) is -0.899. The highest BCUT2D eigenvalue weighted by molar-refractivity contribution is 5.79. The third kappa shape index (κ3) is 6.07. The number of rotatable bonds is 7. The van der Waals surface area contributed by atoms with Crippen molar-refractivity contribution >= 4 is 5.97 Å². The van der Waals surface area contributed by atoms with E-state index in [1.165, 1.54) is 23.3 Å². The van der Waals surface area contributed by atoms with E-state index in [1.54, 1.807) is 31.6 Å². The van der Waals surface area contributed by atoms with E-state index in [4.69, 9.17) is 9.47 Å². The van der Waals surface area contributed by atoms with Crippen LogP contribution < -0.4 is 4.74 Å². The number of esters is 1. The number of alkyl halides is 3. The van der Waals surface area contributed by atoms with Crippen LogP contribution in [-0.2, 0) is 35.1 Å². The molecule has 0 unspecified atom stereocenters. The van der Waals surface area contributed by atoms with Crippen molar-refractivity contribution in [3.05, 3.63) is 77.1 Å². The van der Waals surface area contributed by atoms with E-state index in [2.05, 4.69) is 16.1 Å². The Labute approximate surface area is 208 Å². The zero-order chi connectivity index (χ0) is 25.9. The van der Waals surface area contributed by atoms with Crippen molar-refractivity contribution in [2.75, 3.05) is 19.7 Å². The number of hydrogen-bond acceptors (Lipinski definition) is 5. The van der Waals surface area contributed by atoms with Crippen LogP contribution in [0.4, 0.5) is 13.2 Å². The minimum absolute atomic E-state index is 0.300. The van der Waals surface area contributed by atoms with E-state index in [9.17, 15) is 18.0 Å². The van der Waals surface area contributed by atoms with Gasteiger partial charge in [0.1, 0.15) is 5.75 Å². The third-order valence-corrected chi connectivity index (χ3v) is 6.20. The summed E-state index contributed by atoms with van der Waals surface area (Å²) >= 11 is 0. The number of nitrogens with zero attached hydrogens (tertiary/aromatic N) is 3. The van der Waals surface area contributed by atoms with Gasteiger partial charge in [-0.15, -0.1) is 0 Å². The summed E-state index contributed by atoms with van der Waals surface area (Å²) in [5.74, 6) is 0.234. The molecular weight excluding hydrogens is 471 g/mol. The highest BCUT2D eigenvalue weighted by atomic mass is 19.4. The number of benzene rings is 2. The molecule has 0 saturated carbocycles. The Hall–Kier alpha value is -3.33. The van der Waals surface area contributed by atoms with Crippen LogP contribution in [0, 0.1) is 0 Å². The van der Waals surface area contributed by atoms with Crippen molar-refractivity contribution in [2.24, 2.45) is 0 Å². The van der Waals surface area contributed by atoms with Gasteiger partial charge in [0.15, 0.2) is 5.60 Å². The SMILES string of the molecule is CCOC(=O)C(C)(C)Oc1ccc2c(c1)CCN(Cc1ccn(-c3ccc(C(F)(F)F)cc3)n1)CC2. The molecule has 1 aromatic heterocycles. The summed E-state index contributed by atoms with van der Waals surface area (Å²) in [6, 6.07) is 12.8. The quantitative estimate of drug-likeness (QED) is 0.416. The predicted molar refractivity (Wildman–Crippen MR) is 129 cm³/mol. The molecule has 2 heterocycles. The maximum absolute atomic E-state index is 12.8. The summed E-state index contributed by atoms with van der Waals surface area (Å²) in [4.78, 5) is 14.5. The van der Waals surface area contributed by atoms with Crippen LogP contribution in [0.5, 0.6) is 5.75 Å². The van der Waals surface area contributed by atoms with Crippen molar-refractivity contribution in [3.8, 4) is 11.4 Å². The second-order valence-electron chi connectivity index (χ2n) is 9.34. The minimum atomic E-state index is -4.36. The molecule has 0 aliphatic carbocycles. The fourth-order valence-electron chi connectivity index (χ4n) is 4.23. The van der Waals surface area contributed by atoms with Crippen LogP contribution in [-0.4, -0.2) is 45.9 Å². The van der Waals surface area contributed by atoms with Crippen molar-refractivity contribution < 1.29 is 27.4 Å². The maximum atomic E-state index is 12.8. The van der Waals surface area contributed by atoms with Gasteiger partial charge in [0.05, 0.1) is 23.6 Å². The zero-order valence-corrected chi connectivity index (χ0v) is 20.6. The highest BCUT2D eigenvalue weighted by Gasteiger charge is 2.32. The third-order valence-electron chi connectivity index (χ3n) is 6.20. The second kappa shape index (κ2) is 10.3. The molecule has 0 atom stereocenters. The smallest absolute Gasteiger partial charge is 0.416 e. The molecule has 36 heavy (non-hydrogen) atoms. The average molecular weight is 502 g/mol. The first-order valence-corrected chi connectivity index (χ1v) is 12.0.